The molecule has 3 nitrogen and oxygen atoms in total. The van der Waals surface area contributed by atoms with Crippen molar-refractivity contribution in [1.29, 1.82) is 0 Å². The summed E-state index contributed by atoms with van der Waals surface area (Å²) in [5.41, 5.74) is 0. The standard InChI is InChI=1S/C9H15NO2/c11-9(12)8-7-4-2-1-3-6(7)5-10-8/h6-8,10H,1-5H2,(H,11,12)/t6-,7-,8+/m0/s1. The molecule has 2 N–H and O–H groups in total. The van der Waals surface area contributed by atoms with Crippen molar-refractivity contribution in [2.45, 2.75) is 31.7 Å². The molecule has 0 radical (unpaired) electrons. The van der Waals surface area contributed by atoms with Crippen LogP contribution in [0.25, 0.3) is 0 Å². The maximum Gasteiger partial charge on any atom is 0.320 e. The molecule has 0 amide bonds. The summed E-state index contributed by atoms with van der Waals surface area (Å²) in [6.45, 7) is 0.918. The molecule has 1 aliphatic heterocycles. The molecular weight excluding hydrogens is 154 g/mol. The number of rotatable bonds is 1. The van der Waals surface area contributed by atoms with Gasteiger partial charge in [-0.05, 0) is 31.2 Å². The van der Waals surface area contributed by atoms with Crippen molar-refractivity contribution in [1.82, 2.24) is 5.32 Å². The zero-order valence-electron chi connectivity index (χ0n) is 7.12. The first-order valence-electron chi connectivity index (χ1n) is 4.75. The van der Waals surface area contributed by atoms with Crippen molar-refractivity contribution in [2.75, 3.05) is 6.54 Å². The minimum Gasteiger partial charge on any atom is -0.480 e. The Hall–Kier alpha value is -0.570. The van der Waals surface area contributed by atoms with Crippen molar-refractivity contribution in [3.8, 4) is 0 Å². The highest BCUT2D eigenvalue weighted by Crippen LogP contribution is 2.35. The first-order chi connectivity index (χ1) is 5.79. The summed E-state index contributed by atoms with van der Waals surface area (Å²) >= 11 is 0. The van der Waals surface area contributed by atoms with E-state index in [0.29, 0.717) is 11.8 Å². The van der Waals surface area contributed by atoms with Crippen LogP contribution in [0.15, 0.2) is 0 Å². The number of hydrogen-bond acceptors (Lipinski definition) is 2. The Morgan fingerprint density at radius 3 is 2.83 bits per heavy atom. The molecule has 3 atom stereocenters. The van der Waals surface area contributed by atoms with Crippen LogP contribution in [0.5, 0.6) is 0 Å². The van der Waals surface area contributed by atoms with E-state index in [1.54, 1.807) is 0 Å². The number of hydrogen-bond donors (Lipinski definition) is 2. The Kier molecular flexibility index (Phi) is 2.05. The Morgan fingerprint density at radius 1 is 1.33 bits per heavy atom. The molecule has 68 valence electrons. The van der Waals surface area contributed by atoms with Crippen LogP contribution in [-0.2, 0) is 4.79 Å². The fourth-order valence-corrected chi connectivity index (χ4v) is 2.63. The van der Waals surface area contributed by atoms with Gasteiger partial charge in [0.15, 0.2) is 0 Å². The monoisotopic (exact) mass is 169 g/mol. The average molecular weight is 169 g/mol. The molecule has 0 spiro atoms. The fourth-order valence-electron chi connectivity index (χ4n) is 2.63. The van der Waals surface area contributed by atoms with Crippen LogP contribution in [0.1, 0.15) is 25.7 Å². The van der Waals surface area contributed by atoms with Gasteiger partial charge in [0, 0.05) is 0 Å². The number of fused-ring (bicyclic) bond motifs is 1. The molecule has 0 aromatic rings. The first-order valence-corrected chi connectivity index (χ1v) is 4.75. The second-order valence-electron chi connectivity index (χ2n) is 3.93. The molecule has 0 bridgehead atoms. The van der Waals surface area contributed by atoms with Crippen LogP contribution in [0.2, 0.25) is 0 Å². The molecule has 2 aliphatic rings. The van der Waals surface area contributed by atoms with Gasteiger partial charge in [-0.25, -0.2) is 0 Å². The molecule has 0 aromatic heterocycles. The fraction of sp³-hybridized carbons (Fsp3) is 0.889. The zero-order valence-corrected chi connectivity index (χ0v) is 7.12. The quantitative estimate of drug-likeness (QED) is 0.611. The molecule has 1 saturated heterocycles. The van der Waals surface area contributed by atoms with E-state index in [4.69, 9.17) is 5.11 Å². The van der Waals surface area contributed by atoms with Gasteiger partial charge < -0.3 is 10.4 Å². The predicted octanol–water partition coefficient (Wildman–Crippen LogP) is 0.849. The molecule has 0 unspecified atom stereocenters. The molecular formula is C9H15NO2. The minimum absolute atomic E-state index is 0.254. The number of carbonyl (C=O) groups is 1. The summed E-state index contributed by atoms with van der Waals surface area (Å²) < 4.78 is 0. The van der Waals surface area contributed by atoms with E-state index in [1.165, 1.54) is 19.3 Å². The summed E-state index contributed by atoms with van der Waals surface area (Å²) in [5.74, 6) is 0.389. The number of aliphatic carboxylic acids is 1. The molecule has 1 saturated carbocycles. The van der Waals surface area contributed by atoms with Gasteiger partial charge in [-0.3, -0.25) is 4.79 Å². The lowest BCUT2D eigenvalue weighted by Gasteiger charge is -2.26. The Balaban J connectivity index is 2.05. The molecule has 2 fully saturated rings. The SMILES string of the molecule is O=C(O)[C@@H]1NC[C@@H]2CCCC[C@@H]21. The number of carboxylic acid groups (broad SMARTS) is 1. The topological polar surface area (TPSA) is 49.3 Å². The molecule has 12 heavy (non-hydrogen) atoms. The molecule has 1 heterocycles. The van der Waals surface area contributed by atoms with Crippen LogP contribution in [-0.4, -0.2) is 23.7 Å². The van der Waals surface area contributed by atoms with Crippen LogP contribution in [0.4, 0.5) is 0 Å². The first kappa shape index (κ1) is 8.05. The lowest BCUT2D eigenvalue weighted by molar-refractivity contribution is -0.140. The highest BCUT2D eigenvalue weighted by molar-refractivity contribution is 5.74. The summed E-state index contributed by atoms with van der Waals surface area (Å²) in [7, 11) is 0. The maximum atomic E-state index is 10.8. The third-order valence-corrected chi connectivity index (χ3v) is 3.26. The van der Waals surface area contributed by atoms with Gasteiger partial charge >= 0.3 is 5.97 Å². The third-order valence-electron chi connectivity index (χ3n) is 3.26. The van der Waals surface area contributed by atoms with Gasteiger partial charge in [-0.1, -0.05) is 12.8 Å². The summed E-state index contributed by atoms with van der Waals surface area (Å²) in [5, 5.41) is 12.0. The Bertz CT molecular complexity index is 193. The van der Waals surface area contributed by atoms with Gasteiger partial charge in [0.25, 0.3) is 0 Å². The second kappa shape index (κ2) is 3.05. The molecule has 1 aliphatic carbocycles. The van der Waals surface area contributed by atoms with Crippen LogP contribution >= 0.6 is 0 Å². The van der Waals surface area contributed by atoms with E-state index in [9.17, 15) is 4.79 Å². The Labute approximate surface area is 72.2 Å². The highest BCUT2D eigenvalue weighted by Gasteiger charge is 2.40. The summed E-state index contributed by atoms with van der Waals surface area (Å²) in [6, 6.07) is -0.254. The number of nitrogens with one attached hydrogen (secondary N) is 1. The van der Waals surface area contributed by atoms with Gasteiger partial charge in [-0.2, -0.15) is 0 Å². The van der Waals surface area contributed by atoms with Crippen molar-refractivity contribution in [3.63, 3.8) is 0 Å². The van der Waals surface area contributed by atoms with Gasteiger partial charge in [-0.15, -0.1) is 0 Å². The molecule has 0 aromatic carbocycles. The highest BCUT2D eigenvalue weighted by atomic mass is 16.4. The van der Waals surface area contributed by atoms with Crippen molar-refractivity contribution in [3.05, 3.63) is 0 Å². The minimum atomic E-state index is -0.663. The van der Waals surface area contributed by atoms with Crippen molar-refractivity contribution < 1.29 is 9.90 Å². The molecule has 3 heteroatoms. The van der Waals surface area contributed by atoms with E-state index >= 15 is 0 Å². The lowest BCUT2D eigenvalue weighted by Crippen LogP contribution is -2.36. The van der Waals surface area contributed by atoms with E-state index in [2.05, 4.69) is 5.32 Å². The van der Waals surface area contributed by atoms with E-state index in [-0.39, 0.29) is 6.04 Å². The summed E-state index contributed by atoms with van der Waals surface area (Å²) in [4.78, 5) is 10.8. The average Bonchev–Trinajstić information content (AvgIpc) is 2.47. The maximum absolute atomic E-state index is 10.8. The van der Waals surface area contributed by atoms with Gasteiger partial charge in [0.1, 0.15) is 6.04 Å². The second-order valence-corrected chi connectivity index (χ2v) is 3.93. The lowest BCUT2D eigenvalue weighted by atomic mass is 9.78. The van der Waals surface area contributed by atoms with Crippen LogP contribution in [0, 0.1) is 11.8 Å². The van der Waals surface area contributed by atoms with Crippen molar-refractivity contribution in [2.24, 2.45) is 11.8 Å². The smallest absolute Gasteiger partial charge is 0.320 e. The van der Waals surface area contributed by atoms with Crippen molar-refractivity contribution >= 4 is 5.97 Å². The van der Waals surface area contributed by atoms with E-state index in [1.807, 2.05) is 0 Å². The third kappa shape index (κ3) is 1.22. The van der Waals surface area contributed by atoms with Crippen LogP contribution < -0.4 is 5.32 Å². The van der Waals surface area contributed by atoms with E-state index in [0.717, 1.165) is 13.0 Å². The van der Waals surface area contributed by atoms with Gasteiger partial charge in [0.2, 0.25) is 0 Å². The Morgan fingerprint density at radius 2 is 2.08 bits per heavy atom. The van der Waals surface area contributed by atoms with Crippen LogP contribution in [0.3, 0.4) is 0 Å². The predicted molar refractivity (Wildman–Crippen MR) is 44.9 cm³/mol. The van der Waals surface area contributed by atoms with Gasteiger partial charge in [0.05, 0.1) is 0 Å². The number of carboxylic acids is 1. The normalized spacial score (nSPS) is 40.8. The van der Waals surface area contributed by atoms with E-state index < -0.39 is 5.97 Å². The zero-order chi connectivity index (χ0) is 8.55. The molecule has 2 rings (SSSR count). The largest absolute Gasteiger partial charge is 0.480 e. The summed E-state index contributed by atoms with van der Waals surface area (Å²) in [6.07, 6.45) is 4.83.